The minimum atomic E-state index is -0.307. The van der Waals surface area contributed by atoms with Crippen LogP contribution in [0.15, 0.2) is 74.3 Å². The Hall–Kier alpha value is -3.34. The van der Waals surface area contributed by atoms with E-state index in [1.807, 2.05) is 30.3 Å². The fraction of sp³-hybridized carbons (Fsp3) is 0.100. The van der Waals surface area contributed by atoms with Gasteiger partial charge in [0.05, 0.1) is 5.39 Å². The lowest BCUT2D eigenvalue weighted by molar-refractivity contribution is 0.0754. The van der Waals surface area contributed by atoms with Crippen molar-refractivity contribution >= 4 is 28.0 Å². The first-order valence-corrected chi connectivity index (χ1v) is 7.88. The fourth-order valence-corrected chi connectivity index (χ4v) is 2.82. The van der Waals surface area contributed by atoms with E-state index in [9.17, 15) is 9.59 Å². The summed E-state index contributed by atoms with van der Waals surface area (Å²) in [5.41, 5.74) is 1.24. The van der Waals surface area contributed by atoms with Gasteiger partial charge in [-0.1, -0.05) is 42.5 Å². The van der Waals surface area contributed by atoms with Gasteiger partial charge < -0.3 is 13.7 Å². The van der Waals surface area contributed by atoms with E-state index in [-0.39, 0.29) is 28.3 Å². The number of carbonyl (C=O) groups is 1. The number of rotatable bonds is 3. The minimum absolute atomic E-state index is 0.0696. The largest absolute Gasteiger partial charge is 0.425 e. The van der Waals surface area contributed by atoms with Gasteiger partial charge in [0.2, 0.25) is 5.43 Å². The molecule has 25 heavy (non-hydrogen) atoms. The monoisotopic (exact) mass is 333 g/mol. The van der Waals surface area contributed by atoms with E-state index < -0.39 is 0 Å². The number of fused-ring (bicyclic) bond motifs is 2. The van der Waals surface area contributed by atoms with Crippen LogP contribution in [0, 0.1) is 0 Å². The Morgan fingerprint density at radius 2 is 1.68 bits per heavy atom. The van der Waals surface area contributed by atoms with E-state index >= 15 is 0 Å². The first-order chi connectivity index (χ1) is 12.1. The molecule has 4 aromatic rings. The van der Waals surface area contributed by atoms with E-state index in [4.69, 9.17) is 8.83 Å². The van der Waals surface area contributed by atoms with Crippen LogP contribution in [0.3, 0.4) is 0 Å². The first kappa shape index (κ1) is 15.2. The zero-order chi connectivity index (χ0) is 17.4. The van der Waals surface area contributed by atoms with Crippen LogP contribution in [0.2, 0.25) is 0 Å². The van der Waals surface area contributed by atoms with E-state index in [2.05, 4.69) is 0 Å². The SMILES string of the molecule is CN(Cc1ccccc1)C(=O)c1cc2c(=O)c3ccccc3oc2o1. The molecule has 2 heterocycles. The van der Waals surface area contributed by atoms with Gasteiger partial charge in [0, 0.05) is 19.7 Å². The molecule has 2 aromatic heterocycles. The molecule has 0 N–H and O–H groups in total. The van der Waals surface area contributed by atoms with Gasteiger partial charge in [-0.2, -0.15) is 0 Å². The van der Waals surface area contributed by atoms with Crippen molar-refractivity contribution in [1.29, 1.82) is 0 Å². The van der Waals surface area contributed by atoms with Crippen molar-refractivity contribution in [2.24, 2.45) is 0 Å². The lowest BCUT2D eigenvalue weighted by Crippen LogP contribution is -2.25. The molecule has 0 saturated heterocycles. The summed E-state index contributed by atoms with van der Waals surface area (Å²) < 4.78 is 11.1. The molecule has 0 fully saturated rings. The third-order valence-electron chi connectivity index (χ3n) is 4.10. The lowest BCUT2D eigenvalue weighted by Gasteiger charge is -2.15. The van der Waals surface area contributed by atoms with Gasteiger partial charge in [-0.15, -0.1) is 0 Å². The molecule has 0 aliphatic carbocycles. The van der Waals surface area contributed by atoms with Crippen LogP contribution in [0.4, 0.5) is 0 Å². The summed E-state index contributed by atoms with van der Waals surface area (Å²) in [7, 11) is 1.69. The van der Waals surface area contributed by atoms with E-state index in [1.54, 1.807) is 31.3 Å². The number of amides is 1. The Bertz CT molecular complexity index is 1120. The average molecular weight is 333 g/mol. The highest BCUT2D eigenvalue weighted by molar-refractivity contribution is 5.97. The molecular formula is C20H15NO4. The van der Waals surface area contributed by atoms with Crippen LogP contribution in [0.5, 0.6) is 0 Å². The fourth-order valence-electron chi connectivity index (χ4n) is 2.82. The predicted octanol–water partition coefficient (Wildman–Crippen LogP) is 3.81. The summed E-state index contributed by atoms with van der Waals surface area (Å²) in [6.45, 7) is 0.445. The Morgan fingerprint density at radius 3 is 2.48 bits per heavy atom. The van der Waals surface area contributed by atoms with Gasteiger partial charge in [0.25, 0.3) is 5.91 Å². The van der Waals surface area contributed by atoms with E-state index in [0.29, 0.717) is 17.5 Å². The molecule has 0 radical (unpaired) electrons. The summed E-state index contributed by atoms with van der Waals surface area (Å²) in [5, 5.41) is 0.739. The lowest BCUT2D eigenvalue weighted by atomic mass is 10.2. The number of hydrogen-bond donors (Lipinski definition) is 0. The summed E-state index contributed by atoms with van der Waals surface area (Å²) in [6.07, 6.45) is 0. The summed E-state index contributed by atoms with van der Waals surface area (Å²) >= 11 is 0. The second-order valence-corrected chi connectivity index (χ2v) is 5.89. The molecule has 4 rings (SSSR count). The van der Waals surface area contributed by atoms with Gasteiger partial charge in [0.15, 0.2) is 5.76 Å². The zero-order valence-corrected chi connectivity index (χ0v) is 13.6. The topological polar surface area (TPSA) is 63.7 Å². The van der Waals surface area contributed by atoms with Gasteiger partial charge in [-0.05, 0) is 17.7 Å². The normalized spacial score (nSPS) is 11.1. The van der Waals surface area contributed by atoms with Crippen LogP contribution < -0.4 is 5.43 Å². The number of nitrogens with zero attached hydrogens (tertiary/aromatic N) is 1. The first-order valence-electron chi connectivity index (χ1n) is 7.88. The van der Waals surface area contributed by atoms with E-state index in [1.165, 1.54) is 11.0 Å². The van der Waals surface area contributed by atoms with Crippen molar-refractivity contribution in [3.05, 3.63) is 82.2 Å². The van der Waals surface area contributed by atoms with Crippen molar-refractivity contribution < 1.29 is 13.6 Å². The highest BCUT2D eigenvalue weighted by atomic mass is 16.5. The van der Waals surface area contributed by atoms with Crippen molar-refractivity contribution in [2.75, 3.05) is 7.05 Å². The summed E-state index contributed by atoms with van der Waals surface area (Å²) in [6, 6.07) is 18.0. The standard InChI is InChI=1S/C20H15NO4/c1-21(12-13-7-3-2-4-8-13)19(23)17-11-15-18(22)14-9-5-6-10-16(14)24-20(15)25-17/h2-11H,12H2,1H3. The molecule has 0 aliphatic heterocycles. The highest BCUT2D eigenvalue weighted by Crippen LogP contribution is 2.22. The maximum absolute atomic E-state index is 12.6. The zero-order valence-electron chi connectivity index (χ0n) is 13.6. The quantitative estimate of drug-likeness (QED) is 0.572. The highest BCUT2D eigenvalue weighted by Gasteiger charge is 2.20. The van der Waals surface area contributed by atoms with Crippen molar-refractivity contribution in [2.45, 2.75) is 6.54 Å². The Kier molecular flexibility index (Phi) is 3.61. The van der Waals surface area contributed by atoms with E-state index in [0.717, 1.165) is 5.56 Å². The predicted molar refractivity (Wildman–Crippen MR) is 94.5 cm³/mol. The number of furan rings is 1. The molecule has 0 spiro atoms. The maximum Gasteiger partial charge on any atom is 0.302 e. The van der Waals surface area contributed by atoms with Crippen LogP contribution in [0.1, 0.15) is 16.1 Å². The van der Waals surface area contributed by atoms with Crippen LogP contribution in [0.25, 0.3) is 22.1 Å². The number of hydrogen-bond acceptors (Lipinski definition) is 4. The number of para-hydroxylation sites is 1. The molecule has 0 aliphatic rings. The molecule has 2 aromatic carbocycles. The maximum atomic E-state index is 12.6. The Morgan fingerprint density at radius 1 is 0.960 bits per heavy atom. The third-order valence-corrected chi connectivity index (χ3v) is 4.10. The summed E-state index contributed by atoms with van der Waals surface area (Å²) in [5.74, 6) is -0.150. The molecule has 0 saturated carbocycles. The minimum Gasteiger partial charge on any atom is -0.425 e. The third kappa shape index (κ3) is 2.70. The number of benzene rings is 2. The van der Waals surface area contributed by atoms with Crippen molar-refractivity contribution in [3.8, 4) is 0 Å². The van der Waals surface area contributed by atoms with Gasteiger partial charge in [-0.3, -0.25) is 9.59 Å². The molecular weight excluding hydrogens is 318 g/mol. The number of carbonyl (C=O) groups excluding carboxylic acids is 1. The van der Waals surface area contributed by atoms with Crippen LogP contribution in [-0.4, -0.2) is 17.9 Å². The Balaban J connectivity index is 1.71. The summed E-state index contributed by atoms with van der Waals surface area (Å²) in [4.78, 5) is 26.7. The van der Waals surface area contributed by atoms with Crippen LogP contribution >= 0.6 is 0 Å². The van der Waals surface area contributed by atoms with Gasteiger partial charge >= 0.3 is 5.78 Å². The smallest absolute Gasteiger partial charge is 0.302 e. The molecule has 1 amide bonds. The molecule has 5 heteroatoms. The average Bonchev–Trinajstić information content (AvgIpc) is 3.06. The second-order valence-electron chi connectivity index (χ2n) is 5.89. The second kappa shape index (κ2) is 5.94. The Labute approximate surface area is 143 Å². The molecule has 124 valence electrons. The molecule has 0 atom stereocenters. The molecule has 0 bridgehead atoms. The molecule has 0 unspecified atom stereocenters. The van der Waals surface area contributed by atoms with Gasteiger partial charge in [0.1, 0.15) is 11.0 Å². The van der Waals surface area contributed by atoms with Crippen LogP contribution in [-0.2, 0) is 6.54 Å². The van der Waals surface area contributed by atoms with Crippen molar-refractivity contribution in [1.82, 2.24) is 4.90 Å². The molecule has 5 nitrogen and oxygen atoms in total. The van der Waals surface area contributed by atoms with Crippen molar-refractivity contribution in [3.63, 3.8) is 0 Å². The van der Waals surface area contributed by atoms with Gasteiger partial charge in [-0.25, -0.2) is 0 Å².